The predicted octanol–water partition coefficient (Wildman–Crippen LogP) is 4.19. The molecule has 1 aliphatic rings. The molecule has 1 N–H and O–H groups in total. The van der Waals surface area contributed by atoms with Crippen LogP contribution in [0.5, 0.6) is 5.75 Å². The van der Waals surface area contributed by atoms with Gasteiger partial charge in [-0.15, -0.1) is 0 Å². The second-order valence-corrected chi connectivity index (χ2v) is 8.51. The van der Waals surface area contributed by atoms with Gasteiger partial charge in [-0.25, -0.2) is 9.37 Å². The zero-order valence-electron chi connectivity index (χ0n) is 17.9. The highest BCUT2D eigenvalue weighted by atomic mass is 127. The average Bonchev–Trinajstić information content (AvgIpc) is 3.07. The van der Waals surface area contributed by atoms with E-state index in [9.17, 15) is 19.2 Å². The van der Waals surface area contributed by atoms with Crippen molar-refractivity contribution in [3.63, 3.8) is 0 Å². The Morgan fingerprint density at radius 2 is 2.12 bits per heavy atom. The number of nitrogens with one attached hydrogen (secondary N) is 1. The minimum Gasteiger partial charge on any atom is -0.482 e. The third kappa shape index (κ3) is 4.25. The summed E-state index contributed by atoms with van der Waals surface area (Å²) in [5.74, 6) is -0.489. The molecule has 9 nitrogen and oxygen atoms in total. The van der Waals surface area contributed by atoms with Gasteiger partial charge in [0.05, 0.1) is 12.2 Å². The summed E-state index contributed by atoms with van der Waals surface area (Å²) in [5, 5.41) is 16.8. The summed E-state index contributed by atoms with van der Waals surface area (Å²) in [6.07, 6.45) is 0.750. The fourth-order valence-corrected chi connectivity index (χ4v) is 4.06. The number of anilines is 1. The normalized spacial score (nSPS) is 15.3. The summed E-state index contributed by atoms with van der Waals surface area (Å²) >= 11 is 1.58. The van der Waals surface area contributed by atoms with Crippen LogP contribution in [0.25, 0.3) is 11.1 Å². The maximum atomic E-state index is 14.1. The van der Waals surface area contributed by atoms with Crippen LogP contribution in [0.1, 0.15) is 40.3 Å². The molecular formula is C22H18FIN6O3. The van der Waals surface area contributed by atoms with E-state index in [1.807, 2.05) is 0 Å². The lowest BCUT2D eigenvalue weighted by molar-refractivity contribution is 0.0778. The van der Waals surface area contributed by atoms with E-state index in [4.69, 9.17) is 4.74 Å². The molecule has 3 aromatic rings. The van der Waals surface area contributed by atoms with Crippen LogP contribution in [-0.2, 0) is 13.6 Å². The summed E-state index contributed by atoms with van der Waals surface area (Å²) in [6, 6.07) is 7.68. The summed E-state index contributed by atoms with van der Waals surface area (Å²) in [4.78, 5) is 30.8. The quantitative estimate of drug-likeness (QED) is 0.272. The molecule has 33 heavy (non-hydrogen) atoms. The number of aromatic nitrogens is 3. The first-order chi connectivity index (χ1) is 15.7. The minimum absolute atomic E-state index is 0.108. The van der Waals surface area contributed by atoms with Gasteiger partial charge in [-0.1, -0.05) is 0 Å². The number of hydrogen-bond donors (Lipinski definition) is 1. The van der Waals surface area contributed by atoms with Crippen LogP contribution in [0, 0.1) is 17.1 Å². The molecule has 0 fully saturated rings. The molecule has 0 spiro atoms. The lowest BCUT2D eigenvalue weighted by atomic mass is 10.00. The summed E-state index contributed by atoms with van der Waals surface area (Å²) in [5.41, 5.74) is 2.44. The molecule has 0 aliphatic carbocycles. The van der Waals surface area contributed by atoms with E-state index >= 15 is 0 Å². The maximum Gasteiger partial charge on any atom is 0.286 e. The molecular weight excluding hydrogens is 542 g/mol. The Bertz CT molecular complexity index is 1330. The zero-order chi connectivity index (χ0) is 23.9. The fourth-order valence-electron chi connectivity index (χ4n) is 3.80. The third-order valence-electron chi connectivity index (χ3n) is 5.30. The molecule has 0 saturated heterocycles. The van der Waals surface area contributed by atoms with E-state index in [0.29, 0.717) is 22.4 Å². The van der Waals surface area contributed by atoms with Gasteiger partial charge in [0.25, 0.3) is 9.82 Å². The Morgan fingerprint density at radius 3 is 2.82 bits per heavy atom. The summed E-state index contributed by atoms with van der Waals surface area (Å²) in [7, 11) is 3.25. The van der Waals surface area contributed by atoms with E-state index in [-0.39, 0.29) is 39.2 Å². The largest absolute Gasteiger partial charge is 0.482 e. The van der Waals surface area contributed by atoms with Crippen LogP contribution >= 0.6 is 22.6 Å². The minimum atomic E-state index is -0.752. The van der Waals surface area contributed by atoms with E-state index in [0.717, 1.165) is 0 Å². The van der Waals surface area contributed by atoms with Crippen LogP contribution in [0.3, 0.4) is 0 Å². The van der Waals surface area contributed by atoms with Crippen molar-refractivity contribution < 1.29 is 18.7 Å². The van der Waals surface area contributed by atoms with Gasteiger partial charge >= 0.3 is 0 Å². The molecule has 2 amide bonds. The van der Waals surface area contributed by atoms with Crippen molar-refractivity contribution in [3.8, 4) is 22.9 Å². The number of rotatable bonds is 1. The highest BCUT2D eigenvalue weighted by Gasteiger charge is 2.27. The van der Waals surface area contributed by atoms with Crippen LogP contribution in [0.15, 0.2) is 30.5 Å². The van der Waals surface area contributed by atoms with Gasteiger partial charge in [0, 0.05) is 65.1 Å². The molecule has 1 aliphatic heterocycles. The first-order valence-corrected chi connectivity index (χ1v) is 10.9. The van der Waals surface area contributed by atoms with Crippen LogP contribution in [0.4, 0.5) is 15.0 Å². The molecule has 1 atom stereocenters. The maximum absolute atomic E-state index is 14.1. The Morgan fingerprint density at radius 1 is 1.36 bits per heavy atom. The summed E-state index contributed by atoms with van der Waals surface area (Å²) < 4.78 is 21.3. The second-order valence-electron chi connectivity index (χ2n) is 7.53. The number of nitriles is 1. The molecule has 3 heterocycles. The number of nitrogens with zero attached hydrogens (tertiary/aromatic N) is 5. The smallest absolute Gasteiger partial charge is 0.286 e. The second kappa shape index (κ2) is 8.78. The van der Waals surface area contributed by atoms with Crippen LogP contribution in [-0.4, -0.2) is 36.5 Å². The highest BCUT2D eigenvalue weighted by molar-refractivity contribution is 14.1. The van der Waals surface area contributed by atoms with Gasteiger partial charge in [0.2, 0.25) is 0 Å². The lowest BCUT2D eigenvalue weighted by Gasteiger charge is -2.24. The average molecular weight is 560 g/mol. The van der Waals surface area contributed by atoms with Gasteiger partial charge in [0.1, 0.15) is 23.7 Å². The van der Waals surface area contributed by atoms with Crippen molar-refractivity contribution in [3.05, 3.63) is 58.8 Å². The molecule has 11 heteroatoms. The van der Waals surface area contributed by atoms with Gasteiger partial charge in [-0.2, -0.15) is 10.4 Å². The fraction of sp³-hybridized carbons (Fsp3) is 0.227. The predicted molar refractivity (Wildman–Crippen MR) is 125 cm³/mol. The van der Waals surface area contributed by atoms with E-state index in [1.165, 1.54) is 34.0 Å². The Labute approximate surface area is 202 Å². The molecule has 1 aromatic carbocycles. The molecule has 4 rings (SSSR count). The Balaban J connectivity index is 1.99. The first-order valence-electron chi connectivity index (χ1n) is 9.84. The number of ether oxygens (including phenoxy) is 1. The third-order valence-corrected chi connectivity index (χ3v) is 5.57. The van der Waals surface area contributed by atoms with E-state index < -0.39 is 11.9 Å². The topological polar surface area (TPSA) is 113 Å². The van der Waals surface area contributed by atoms with Crippen LogP contribution in [0.2, 0.25) is 0 Å². The van der Waals surface area contributed by atoms with Crippen molar-refractivity contribution in [2.24, 2.45) is 7.05 Å². The lowest BCUT2D eigenvalue weighted by Crippen LogP contribution is -2.28. The monoisotopic (exact) mass is 560 g/mol. The van der Waals surface area contributed by atoms with Gasteiger partial charge in [-0.05, 0) is 31.2 Å². The number of aryl methyl sites for hydroxylation is 1. The van der Waals surface area contributed by atoms with Gasteiger partial charge < -0.3 is 9.64 Å². The number of fused-ring (bicyclic) bond motifs is 5. The number of carbonyl (C=O) groups excluding carboxylic acids is 2. The van der Waals surface area contributed by atoms with Crippen LogP contribution < -0.4 is 10.1 Å². The number of benzene rings is 1. The Hall–Kier alpha value is -3.53. The number of amides is 2. The number of halogens is 2. The number of pyridine rings is 1. The standard InChI is InChI=1S/C22H18FIN6O3/c1-11-15-7-13(23)4-5-14(15)21(31)29(2)10-16-19(17(8-25)30(3)28-16)12-6-18(33-11)20(26-9-12)27-22(24)32/h4-7,9,11H,10H2,1-3H3,(H,26,27,32). The van der Waals surface area contributed by atoms with Crippen molar-refractivity contribution in [1.29, 1.82) is 5.26 Å². The van der Waals surface area contributed by atoms with E-state index in [2.05, 4.69) is 21.5 Å². The molecule has 2 bridgehead atoms. The molecule has 2 aromatic heterocycles. The number of carbonyl (C=O) groups is 2. The highest BCUT2D eigenvalue weighted by Crippen LogP contribution is 2.37. The number of hydrogen-bond acceptors (Lipinski definition) is 6. The molecule has 1 unspecified atom stereocenters. The van der Waals surface area contributed by atoms with Crippen molar-refractivity contribution >= 4 is 38.2 Å². The van der Waals surface area contributed by atoms with Crippen molar-refractivity contribution in [2.75, 3.05) is 12.4 Å². The summed E-state index contributed by atoms with van der Waals surface area (Å²) in [6.45, 7) is 1.78. The Kier molecular flexibility index (Phi) is 6.03. The first kappa shape index (κ1) is 22.7. The molecule has 0 saturated carbocycles. The SMILES string of the molecule is CC1Oc2cc(cnc2NC(=O)I)-c2c(nn(C)c2C#N)CN(C)C(=O)c2ccc(F)cc21. The van der Waals surface area contributed by atoms with Gasteiger partial charge in [-0.3, -0.25) is 19.6 Å². The van der Waals surface area contributed by atoms with Crippen molar-refractivity contribution in [2.45, 2.75) is 19.6 Å². The van der Waals surface area contributed by atoms with E-state index in [1.54, 1.807) is 49.7 Å². The van der Waals surface area contributed by atoms with Crippen molar-refractivity contribution in [1.82, 2.24) is 19.7 Å². The zero-order valence-corrected chi connectivity index (χ0v) is 20.0. The molecule has 0 radical (unpaired) electrons. The molecule has 168 valence electrons. The van der Waals surface area contributed by atoms with Gasteiger partial charge in [0.15, 0.2) is 11.6 Å².